The Balaban J connectivity index is 1.70. The molecule has 0 aliphatic carbocycles. The third-order valence-corrected chi connectivity index (χ3v) is 5.58. The predicted molar refractivity (Wildman–Crippen MR) is 122 cm³/mol. The van der Waals surface area contributed by atoms with Crippen molar-refractivity contribution in [1.29, 1.82) is 0 Å². The van der Waals surface area contributed by atoms with Crippen molar-refractivity contribution >= 4 is 17.7 Å². The van der Waals surface area contributed by atoms with Gasteiger partial charge in [-0.2, -0.15) is 0 Å². The van der Waals surface area contributed by atoms with E-state index >= 15 is 0 Å². The van der Waals surface area contributed by atoms with Crippen molar-refractivity contribution in [3.05, 3.63) is 48.0 Å². The summed E-state index contributed by atoms with van der Waals surface area (Å²) < 4.78 is 21.9. The fraction of sp³-hybridized carbons (Fsp3) is 0.348. The maximum Gasteiger partial charge on any atom is 0.277 e. The summed E-state index contributed by atoms with van der Waals surface area (Å²) >= 11 is 1.21. The highest BCUT2D eigenvalue weighted by atomic mass is 32.2. The third kappa shape index (κ3) is 5.53. The number of hydrogen-bond donors (Lipinski definition) is 0. The van der Waals surface area contributed by atoms with E-state index in [1.54, 1.807) is 12.1 Å². The van der Waals surface area contributed by atoms with E-state index in [0.717, 1.165) is 5.56 Å². The molecule has 1 heterocycles. The Morgan fingerprint density at radius 3 is 2.25 bits per heavy atom. The topological polar surface area (TPSA) is 86.9 Å². The number of methoxy groups -OCH3 is 3. The summed E-state index contributed by atoms with van der Waals surface area (Å²) in [4.78, 5) is 14.7. The first kappa shape index (κ1) is 23.5. The van der Waals surface area contributed by atoms with Crippen LogP contribution in [0.4, 0.5) is 0 Å². The first-order valence-electron chi connectivity index (χ1n) is 10.1. The van der Waals surface area contributed by atoms with Crippen molar-refractivity contribution in [2.45, 2.75) is 31.7 Å². The summed E-state index contributed by atoms with van der Waals surface area (Å²) in [6.45, 7) is 4.56. The Kier molecular flexibility index (Phi) is 7.99. The lowest BCUT2D eigenvalue weighted by Gasteiger charge is -2.26. The van der Waals surface area contributed by atoms with Gasteiger partial charge in [-0.15, -0.1) is 10.2 Å². The number of amides is 1. The molecule has 0 unspecified atom stereocenters. The Morgan fingerprint density at radius 1 is 1.03 bits per heavy atom. The zero-order valence-electron chi connectivity index (χ0n) is 18.8. The van der Waals surface area contributed by atoms with Gasteiger partial charge in [-0.1, -0.05) is 42.1 Å². The molecule has 0 spiro atoms. The van der Waals surface area contributed by atoms with Gasteiger partial charge in [-0.05, 0) is 31.5 Å². The van der Waals surface area contributed by atoms with Crippen LogP contribution in [-0.4, -0.2) is 54.1 Å². The predicted octanol–water partition coefficient (Wildman–Crippen LogP) is 4.29. The number of carbonyl (C=O) groups excluding carboxylic acids is 1. The molecule has 0 fully saturated rings. The molecule has 32 heavy (non-hydrogen) atoms. The highest BCUT2D eigenvalue weighted by molar-refractivity contribution is 7.99. The molecule has 0 aliphatic rings. The fourth-order valence-electron chi connectivity index (χ4n) is 3.13. The van der Waals surface area contributed by atoms with Crippen LogP contribution in [0.15, 0.2) is 52.1 Å². The average molecular weight is 458 g/mol. The van der Waals surface area contributed by atoms with Gasteiger partial charge in [0.15, 0.2) is 11.5 Å². The minimum atomic E-state index is 0.00129. The molecule has 8 nitrogen and oxygen atoms in total. The summed E-state index contributed by atoms with van der Waals surface area (Å²) in [5, 5.41) is 8.48. The molecule has 1 amide bonds. The number of hydrogen-bond acceptors (Lipinski definition) is 8. The highest BCUT2D eigenvalue weighted by Gasteiger charge is 2.21. The SMILES string of the molecule is COc1cc(-c2nnc(SCC(=O)N(Cc3ccccc3)C(C)C)o2)cc(OC)c1OC. The lowest BCUT2D eigenvalue weighted by atomic mass is 10.2. The first-order chi connectivity index (χ1) is 15.5. The molecule has 0 saturated heterocycles. The molecular formula is C23H27N3O5S. The van der Waals surface area contributed by atoms with E-state index in [1.165, 1.54) is 33.1 Å². The second-order valence-corrected chi connectivity index (χ2v) is 8.10. The number of carbonyl (C=O) groups is 1. The minimum Gasteiger partial charge on any atom is -0.493 e. The zero-order chi connectivity index (χ0) is 23.1. The van der Waals surface area contributed by atoms with Gasteiger partial charge in [0, 0.05) is 18.2 Å². The third-order valence-electron chi connectivity index (χ3n) is 4.78. The molecule has 3 rings (SSSR count). The van der Waals surface area contributed by atoms with E-state index < -0.39 is 0 Å². The van der Waals surface area contributed by atoms with Crippen LogP contribution in [0.5, 0.6) is 17.2 Å². The minimum absolute atomic E-state index is 0.00129. The number of nitrogens with zero attached hydrogens (tertiary/aromatic N) is 3. The molecule has 3 aromatic rings. The summed E-state index contributed by atoms with van der Waals surface area (Å²) in [5.41, 5.74) is 1.71. The van der Waals surface area contributed by atoms with Crippen molar-refractivity contribution in [2.75, 3.05) is 27.1 Å². The maximum absolute atomic E-state index is 12.8. The smallest absolute Gasteiger partial charge is 0.277 e. The van der Waals surface area contributed by atoms with Crippen molar-refractivity contribution in [3.63, 3.8) is 0 Å². The summed E-state index contributed by atoms with van der Waals surface area (Å²) in [5.74, 6) is 1.94. The van der Waals surface area contributed by atoms with E-state index in [0.29, 0.717) is 40.5 Å². The number of benzene rings is 2. The van der Waals surface area contributed by atoms with E-state index in [1.807, 2.05) is 49.1 Å². The maximum atomic E-state index is 12.8. The van der Waals surface area contributed by atoms with Crippen molar-refractivity contribution in [1.82, 2.24) is 15.1 Å². The molecule has 170 valence electrons. The summed E-state index contributed by atoms with van der Waals surface area (Å²) in [6.07, 6.45) is 0. The molecule has 0 aliphatic heterocycles. The summed E-state index contributed by atoms with van der Waals surface area (Å²) in [7, 11) is 4.62. The van der Waals surface area contributed by atoms with Crippen molar-refractivity contribution < 1.29 is 23.4 Å². The normalized spacial score (nSPS) is 10.8. The van der Waals surface area contributed by atoms with Gasteiger partial charge in [0.05, 0.1) is 27.1 Å². The van der Waals surface area contributed by atoms with Gasteiger partial charge in [0.1, 0.15) is 0 Å². The molecule has 0 atom stereocenters. The molecule has 0 N–H and O–H groups in total. The van der Waals surface area contributed by atoms with Crippen LogP contribution in [0.2, 0.25) is 0 Å². The Labute approximate surface area is 191 Å². The highest BCUT2D eigenvalue weighted by Crippen LogP contribution is 2.41. The van der Waals surface area contributed by atoms with E-state index in [4.69, 9.17) is 18.6 Å². The van der Waals surface area contributed by atoms with Crippen LogP contribution in [0, 0.1) is 0 Å². The molecule has 0 saturated carbocycles. The van der Waals surface area contributed by atoms with Gasteiger partial charge in [-0.3, -0.25) is 4.79 Å². The lowest BCUT2D eigenvalue weighted by Crippen LogP contribution is -2.37. The Bertz CT molecular complexity index is 1010. The lowest BCUT2D eigenvalue weighted by molar-refractivity contribution is -0.130. The number of rotatable bonds is 10. The van der Waals surface area contributed by atoms with Crippen LogP contribution in [0.1, 0.15) is 19.4 Å². The van der Waals surface area contributed by atoms with Gasteiger partial charge in [-0.25, -0.2) is 0 Å². The average Bonchev–Trinajstić information content (AvgIpc) is 3.29. The monoisotopic (exact) mass is 457 g/mol. The molecule has 2 aromatic carbocycles. The van der Waals surface area contributed by atoms with Gasteiger partial charge in [0.2, 0.25) is 17.5 Å². The second-order valence-electron chi connectivity index (χ2n) is 7.18. The molecular weight excluding hydrogens is 430 g/mol. The molecule has 9 heteroatoms. The summed E-state index contributed by atoms with van der Waals surface area (Å²) in [6, 6.07) is 13.5. The quantitative estimate of drug-likeness (QED) is 0.417. The van der Waals surface area contributed by atoms with Crippen LogP contribution in [0.25, 0.3) is 11.5 Å². The van der Waals surface area contributed by atoms with Crippen LogP contribution in [0.3, 0.4) is 0 Å². The standard InChI is InChI=1S/C23H27N3O5S/c1-15(2)26(13-16-9-7-6-8-10-16)20(27)14-32-23-25-24-22(31-23)17-11-18(28-3)21(30-5)19(12-17)29-4/h6-12,15H,13-14H2,1-5H3. The van der Waals surface area contributed by atoms with E-state index in [9.17, 15) is 4.79 Å². The van der Waals surface area contributed by atoms with E-state index in [-0.39, 0.29) is 17.7 Å². The van der Waals surface area contributed by atoms with Crippen LogP contribution >= 0.6 is 11.8 Å². The number of ether oxygens (including phenoxy) is 3. The molecule has 1 aromatic heterocycles. The number of thioether (sulfide) groups is 1. The fourth-order valence-corrected chi connectivity index (χ4v) is 3.78. The van der Waals surface area contributed by atoms with Crippen molar-refractivity contribution in [2.24, 2.45) is 0 Å². The first-order valence-corrected chi connectivity index (χ1v) is 11.1. The van der Waals surface area contributed by atoms with Gasteiger partial charge in [0.25, 0.3) is 5.22 Å². The Hall–Kier alpha value is -3.20. The largest absolute Gasteiger partial charge is 0.493 e. The second kappa shape index (κ2) is 10.9. The number of aromatic nitrogens is 2. The molecule has 0 bridgehead atoms. The van der Waals surface area contributed by atoms with Crippen LogP contribution < -0.4 is 14.2 Å². The Morgan fingerprint density at radius 2 is 1.69 bits per heavy atom. The van der Waals surface area contributed by atoms with E-state index in [2.05, 4.69) is 10.2 Å². The molecule has 0 radical (unpaired) electrons. The van der Waals surface area contributed by atoms with Gasteiger partial charge < -0.3 is 23.5 Å². The van der Waals surface area contributed by atoms with Gasteiger partial charge >= 0.3 is 0 Å². The zero-order valence-corrected chi connectivity index (χ0v) is 19.6. The van der Waals surface area contributed by atoms with Crippen molar-refractivity contribution in [3.8, 4) is 28.7 Å². The van der Waals surface area contributed by atoms with Crippen LogP contribution in [-0.2, 0) is 11.3 Å².